The molecule has 8 heteroatoms. The number of hydrogen-bond donors (Lipinski definition) is 0. The molecule has 142 valence electrons. The predicted molar refractivity (Wildman–Crippen MR) is 86.9 cm³/mol. The van der Waals surface area contributed by atoms with Gasteiger partial charge in [0.25, 0.3) is 0 Å². The second kappa shape index (κ2) is 7.70. The second-order valence-electron chi connectivity index (χ2n) is 7.17. The van der Waals surface area contributed by atoms with Crippen molar-refractivity contribution in [3.05, 3.63) is 0 Å². The molecule has 2 aliphatic rings. The van der Waals surface area contributed by atoms with E-state index in [1.807, 2.05) is 0 Å². The van der Waals surface area contributed by atoms with E-state index in [-0.39, 0.29) is 25.2 Å². The number of carbonyl (C=O) groups is 3. The van der Waals surface area contributed by atoms with Crippen molar-refractivity contribution >= 4 is 17.8 Å². The Hall–Kier alpha value is -1.67. The third kappa shape index (κ3) is 4.92. The lowest BCUT2D eigenvalue weighted by Crippen LogP contribution is -2.50. The van der Waals surface area contributed by atoms with Gasteiger partial charge in [0.1, 0.15) is 17.8 Å². The molecule has 2 aliphatic heterocycles. The number of ketones is 1. The Bertz CT molecular complexity index is 520. The number of hydrogen-bond acceptors (Lipinski definition) is 7. The van der Waals surface area contributed by atoms with Gasteiger partial charge in [0.05, 0.1) is 25.9 Å². The Morgan fingerprint density at radius 1 is 1.20 bits per heavy atom. The minimum atomic E-state index is -0.999. The number of esters is 1. The number of rotatable bonds is 5. The first-order valence-corrected chi connectivity index (χ1v) is 8.62. The van der Waals surface area contributed by atoms with Crippen molar-refractivity contribution in [1.29, 1.82) is 0 Å². The minimum Gasteiger partial charge on any atom is -0.466 e. The van der Waals surface area contributed by atoms with Gasteiger partial charge in [0, 0.05) is 19.4 Å². The van der Waals surface area contributed by atoms with E-state index in [2.05, 4.69) is 0 Å². The summed E-state index contributed by atoms with van der Waals surface area (Å²) in [5.41, 5.74) is -0.649. The van der Waals surface area contributed by atoms with Crippen molar-refractivity contribution in [3.8, 4) is 0 Å². The number of Topliss-reactive ketones (excluding diaryl/α,β-unsaturated/α-hetero) is 1. The molecule has 2 heterocycles. The molecule has 1 unspecified atom stereocenters. The van der Waals surface area contributed by atoms with Crippen LogP contribution >= 0.6 is 0 Å². The molecular formula is C17H27NO7. The predicted octanol–water partition coefficient (Wildman–Crippen LogP) is 1.65. The third-order valence-electron chi connectivity index (χ3n) is 4.06. The van der Waals surface area contributed by atoms with E-state index in [4.69, 9.17) is 18.9 Å². The van der Waals surface area contributed by atoms with Gasteiger partial charge in [-0.05, 0) is 27.7 Å². The maximum absolute atomic E-state index is 12.5. The summed E-state index contributed by atoms with van der Waals surface area (Å²) in [5.74, 6) is -1.89. The van der Waals surface area contributed by atoms with E-state index in [9.17, 15) is 14.4 Å². The Balaban J connectivity index is 2.10. The number of ether oxygens (including phenoxy) is 4. The van der Waals surface area contributed by atoms with Gasteiger partial charge >= 0.3 is 12.1 Å². The zero-order valence-corrected chi connectivity index (χ0v) is 15.3. The topological polar surface area (TPSA) is 91.4 Å². The zero-order chi connectivity index (χ0) is 18.7. The number of amides is 1. The van der Waals surface area contributed by atoms with Crippen molar-refractivity contribution in [3.63, 3.8) is 0 Å². The maximum atomic E-state index is 12.5. The van der Waals surface area contributed by atoms with E-state index < -0.39 is 29.5 Å². The largest absolute Gasteiger partial charge is 0.466 e. The van der Waals surface area contributed by atoms with Gasteiger partial charge in [0.15, 0.2) is 5.79 Å². The average molecular weight is 357 g/mol. The summed E-state index contributed by atoms with van der Waals surface area (Å²) >= 11 is 0. The molecule has 0 aromatic heterocycles. The van der Waals surface area contributed by atoms with Crippen molar-refractivity contribution in [2.45, 2.75) is 64.4 Å². The Morgan fingerprint density at radius 2 is 1.84 bits per heavy atom. The lowest BCUT2D eigenvalue weighted by molar-refractivity contribution is -0.175. The van der Waals surface area contributed by atoms with Crippen molar-refractivity contribution in [1.82, 2.24) is 4.90 Å². The molecule has 0 aliphatic carbocycles. The molecule has 25 heavy (non-hydrogen) atoms. The summed E-state index contributed by atoms with van der Waals surface area (Å²) in [6.07, 6.45) is -0.429. The second-order valence-corrected chi connectivity index (χ2v) is 7.17. The molecule has 0 aromatic carbocycles. The first-order valence-electron chi connectivity index (χ1n) is 8.62. The molecule has 1 amide bonds. The summed E-state index contributed by atoms with van der Waals surface area (Å²) in [4.78, 5) is 37.8. The minimum absolute atomic E-state index is 0.0436. The number of nitrogens with zero attached hydrogens (tertiary/aromatic N) is 1. The van der Waals surface area contributed by atoms with E-state index in [1.165, 1.54) is 4.90 Å². The van der Waals surface area contributed by atoms with Crippen molar-refractivity contribution in [2.24, 2.45) is 0 Å². The van der Waals surface area contributed by atoms with Gasteiger partial charge < -0.3 is 18.9 Å². The van der Waals surface area contributed by atoms with Crippen LogP contribution in [0.5, 0.6) is 0 Å². The summed E-state index contributed by atoms with van der Waals surface area (Å²) in [5, 5.41) is 0. The van der Waals surface area contributed by atoms with Gasteiger partial charge in [0.2, 0.25) is 0 Å². The summed E-state index contributed by atoms with van der Waals surface area (Å²) in [7, 11) is 0. The van der Waals surface area contributed by atoms with Crippen LogP contribution in [0.25, 0.3) is 0 Å². The van der Waals surface area contributed by atoms with Gasteiger partial charge in [-0.1, -0.05) is 0 Å². The maximum Gasteiger partial charge on any atom is 0.410 e. The van der Waals surface area contributed by atoms with Gasteiger partial charge in [-0.25, -0.2) is 4.79 Å². The SMILES string of the molecule is CCOC(=O)CC(=O)CC1N(C(=O)OC(C)(C)C)CCC12OCCO2. The van der Waals surface area contributed by atoms with Crippen LogP contribution in [0, 0.1) is 0 Å². The van der Waals surface area contributed by atoms with Crippen molar-refractivity contribution in [2.75, 3.05) is 26.4 Å². The van der Waals surface area contributed by atoms with Gasteiger partial charge in [-0.3, -0.25) is 14.5 Å². The Morgan fingerprint density at radius 3 is 2.40 bits per heavy atom. The fraction of sp³-hybridized carbons (Fsp3) is 0.824. The normalized spacial score (nSPS) is 22.2. The molecule has 0 N–H and O–H groups in total. The third-order valence-corrected chi connectivity index (χ3v) is 4.06. The summed E-state index contributed by atoms with van der Waals surface area (Å²) in [6.45, 7) is 8.41. The van der Waals surface area contributed by atoms with Crippen LogP contribution in [0.4, 0.5) is 4.79 Å². The molecule has 1 atom stereocenters. The molecule has 0 radical (unpaired) electrons. The highest BCUT2D eigenvalue weighted by molar-refractivity contribution is 5.96. The molecule has 8 nitrogen and oxygen atoms in total. The fourth-order valence-electron chi connectivity index (χ4n) is 3.11. The molecule has 0 aromatic rings. The van der Waals surface area contributed by atoms with Crippen LogP contribution in [0.1, 0.15) is 47.0 Å². The molecular weight excluding hydrogens is 330 g/mol. The summed E-state index contributed by atoms with van der Waals surface area (Å²) in [6, 6.07) is -0.619. The van der Waals surface area contributed by atoms with Crippen LogP contribution in [-0.2, 0) is 28.5 Å². The zero-order valence-electron chi connectivity index (χ0n) is 15.3. The Kier molecular flexibility index (Phi) is 6.05. The highest BCUT2D eigenvalue weighted by Gasteiger charge is 2.54. The number of likely N-dealkylation sites (tertiary alicyclic amines) is 1. The Labute approximate surface area is 147 Å². The van der Waals surface area contributed by atoms with Crippen LogP contribution in [0.15, 0.2) is 0 Å². The molecule has 0 bridgehead atoms. The average Bonchev–Trinajstić information content (AvgIpc) is 3.07. The molecule has 0 saturated carbocycles. The van der Waals surface area contributed by atoms with Crippen LogP contribution in [-0.4, -0.2) is 66.5 Å². The highest BCUT2D eigenvalue weighted by Crippen LogP contribution is 2.39. The lowest BCUT2D eigenvalue weighted by atomic mass is 10.0. The molecule has 2 saturated heterocycles. The van der Waals surface area contributed by atoms with Crippen LogP contribution < -0.4 is 0 Å². The molecule has 2 fully saturated rings. The summed E-state index contributed by atoms with van der Waals surface area (Å²) < 4.78 is 21.7. The lowest BCUT2D eigenvalue weighted by Gasteiger charge is -2.34. The first-order chi connectivity index (χ1) is 11.7. The van der Waals surface area contributed by atoms with Crippen LogP contribution in [0.2, 0.25) is 0 Å². The standard InChI is InChI=1S/C17H27NO7/c1-5-22-14(20)11-12(19)10-13-17(23-8-9-24-17)6-7-18(13)15(21)25-16(2,3)4/h13H,5-11H2,1-4H3. The number of carbonyl (C=O) groups excluding carboxylic acids is 3. The van der Waals surface area contributed by atoms with E-state index in [0.717, 1.165) is 0 Å². The van der Waals surface area contributed by atoms with Crippen LogP contribution in [0.3, 0.4) is 0 Å². The van der Waals surface area contributed by atoms with E-state index in [0.29, 0.717) is 26.2 Å². The molecule has 1 spiro atoms. The smallest absolute Gasteiger partial charge is 0.410 e. The van der Waals surface area contributed by atoms with Gasteiger partial charge in [-0.15, -0.1) is 0 Å². The van der Waals surface area contributed by atoms with E-state index >= 15 is 0 Å². The fourth-order valence-corrected chi connectivity index (χ4v) is 3.11. The van der Waals surface area contributed by atoms with Crippen molar-refractivity contribution < 1.29 is 33.3 Å². The van der Waals surface area contributed by atoms with E-state index in [1.54, 1.807) is 27.7 Å². The highest BCUT2D eigenvalue weighted by atomic mass is 16.7. The molecule has 2 rings (SSSR count). The first kappa shape index (κ1) is 19.7. The quantitative estimate of drug-likeness (QED) is 0.546. The monoisotopic (exact) mass is 357 g/mol. The van der Waals surface area contributed by atoms with Gasteiger partial charge in [-0.2, -0.15) is 0 Å².